The molecule has 162 valence electrons. The zero-order valence-corrected chi connectivity index (χ0v) is 19.7. The highest BCUT2D eigenvalue weighted by Gasteiger charge is 2.15. The van der Waals surface area contributed by atoms with E-state index in [0.29, 0.717) is 16.5 Å². The average molecular weight is 524 g/mol. The Hall–Kier alpha value is -2.55. The Morgan fingerprint density at radius 2 is 1.74 bits per heavy atom. The molecule has 0 fully saturated rings. The second kappa shape index (κ2) is 10.2. The molecule has 2 N–H and O–H groups in total. The van der Waals surface area contributed by atoms with E-state index in [1.807, 2.05) is 31.2 Å². The van der Waals surface area contributed by atoms with Gasteiger partial charge in [-0.2, -0.15) is 0 Å². The number of hydrogen-bond acceptors (Lipinski definition) is 4. The standard InChI is InChI=1S/C22H20BrClN2O4S/c1-15(16-3-2-4-17(23)13-16)25-22(27)14-30-20-9-11-21(12-10-20)31(28,29)26-19-7-5-18(24)6-8-19/h2-13,15,26H,14H2,1H3,(H,25,27). The number of hydrogen-bond donors (Lipinski definition) is 2. The lowest BCUT2D eigenvalue weighted by molar-refractivity contribution is -0.123. The van der Waals surface area contributed by atoms with Gasteiger partial charge in [-0.05, 0) is 73.2 Å². The monoisotopic (exact) mass is 522 g/mol. The van der Waals surface area contributed by atoms with E-state index in [-0.39, 0.29) is 23.5 Å². The van der Waals surface area contributed by atoms with Crippen molar-refractivity contribution in [3.05, 3.63) is 87.9 Å². The number of carbonyl (C=O) groups is 1. The first-order valence-electron chi connectivity index (χ1n) is 9.29. The number of sulfonamides is 1. The molecule has 3 rings (SSSR count). The molecule has 0 aromatic heterocycles. The smallest absolute Gasteiger partial charge is 0.261 e. The summed E-state index contributed by atoms with van der Waals surface area (Å²) in [4.78, 5) is 12.2. The molecule has 0 saturated carbocycles. The molecule has 0 aliphatic carbocycles. The second-order valence-electron chi connectivity index (χ2n) is 6.72. The van der Waals surface area contributed by atoms with Crippen molar-refractivity contribution in [2.24, 2.45) is 0 Å². The van der Waals surface area contributed by atoms with Gasteiger partial charge in [0.2, 0.25) is 0 Å². The summed E-state index contributed by atoms with van der Waals surface area (Å²) in [6.07, 6.45) is 0. The van der Waals surface area contributed by atoms with Crippen LogP contribution in [0.4, 0.5) is 5.69 Å². The van der Waals surface area contributed by atoms with Gasteiger partial charge >= 0.3 is 0 Å². The van der Waals surface area contributed by atoms with Gasteiger partial charge in [-0.3, -0.25) is 9.52 Å². The molecule has 0 bridgehead atoms. The van der Waals surface area contributed by atoms with Crippen molar-refractivity contribution in [2.75, 3.05) is 11.3 Å². The average Bonchev–Trinajstić information content (AvgIpc) is 2.74. The molecule has 0 radical (unpaired) electrons. The van der Waals surface area contributed by atoms with Crippen molar-refractivity contribution in [3.8, 4) is 5.75 Å². The van der Waals surface area contributed by atoms with Gasteiger partial charge in [0.05, 0.1) is 10.9 Å². The molecule has 1 unspecified atom stereocenters. The lowest BCUT2D eigenvalue weighted by atomic mass is 10.1. The topological polar surface area (TPSA) is 84.5 Å². The Kier molecular flexibility index (Phi) is 7.59. The third kappa shape index (κ3) is 6.72. The summed E-state index contributed by atoms with van der Waals surface area (Å²) in [6.45, 7) is 1.69. The number of ether oxygens (including phenoxy) is 1. The quantitative estimate of drug-likeness (QED) is 0.427. The number of nitrogens with one attached hydrogen (secondary N) is 2. The molecule has 6 nitrogen and oxygen atoms in total. The van der Waals surface area contributed by atoms with E-state index in [0.717, 1.165) is 10.0 Å². The number of carbonyl (C=O) groups excluding carboxylic acids is 1. The molecule has 0 aliphatic rings. The first-order valence-corrected chi connectivity index (χ1v) is 11.9. The van der Waals surface area contributed by atoms with E-state index in [1.54, 1.807) is 24.3 Å². The van der Waals surface area contributed by atoms with Gasteiger partial charge in [0.15, 0.2) is 6.61 Å². The predicted octanol–water partition coefficient (Wildman–Crippen LogP) is 5.16. The first kappa shape index (κ1) is 23.1. The molecule has 1 atom stereocenters. The zero-order valence-electron chi connectivity index (χ0n) is 16.5. The molecular formula is C22H20BrClN2O4S. The molecule has 0 heterocycles. The van der Waals surface area contributed by atoms with Gasteiger partial charge in [-0.1, -0.05) is 39.7 Å². The van der Waals surface area contributed by atoms with Crippen LogP contribution in [0.5, 0.6) is 5.75 Å². The summed E-state index contributed by atoms with van der Waals surface area (Å²) < 4.78 is 33.9. The van der Waals surface area contributed by atoms with Gasteiger partial charge < -0.3 is 10.1 Å². The SMILES string of the molecule is CC(NC(=O)COc1ccc(S(=O)(=O)Nc2ccc(Cl)cc2)cc1)c1cccc(Br)c1. The van der Waals surface area contributed by atoms with Crippen molar-refractivity contribution in [3.63, 3.8) is 0 Å². The Balaban J connectivity index is 1.55. The van der Waals surface area contributed by atoms with Crippen LogP contribution in [0.25, 0.3) is 0 Å². The highest BCUT2D eigenvalue weighted by atomic mass is 79.9. The summed E-state index contributed by atoms with van der Waals surface area (Å²) in [5, 5.41) is 3.37. The van der Waals surface area contributed by atoms with Crippen LogP contribution in [0, 0.1) is 0 Å². The van der Waals surface area contributed by atoms with Crippen LogP contribution >= 0.6 is 27.5 Å². The number of benzene rings is 3. The molecule has 3 aromatic carbocycles. The Bertz CT molecular complexity index is 1150. The Morgan fingerprint density at radius 3 is 2.39 bits per heavy atom. The van der Waals surface area contributed by atoms with Crippen molar-refractivity contribution in [2.45, 2.75) is 17.9 Å². The molecule has 9 heteroatoms. The summed E-state index contributed by atoms with van der Waals surface area (Å²) in [5.74, 6) is 0.101. The molecule has 0 aliphatic heterocycles. The van der Waals surface area contributed by atoms with E-state index < -0.39 is 10.0 Å². The Labute approximate surface area is 194 Å². The van der Waals surface area contributed by atoms with Crippen molar-refractivity contribution in [1.82, 2.24) is 5.32 Å². The summed E-state index contributed by atoms with van der Waals surface area (Å²) in [6, 6.07) is 19.7. The maximum atomic E-state index is 12.5. The zero-order chi connectivity index (χ0) is 22.4. The number of anilines is 1. The fraction of sp³-hybridized carbons (Fsp3) is 0.136. The third-order valence-electron chi connectivity index (χ3n) is 4.33. The predicted molar refractivity (Wildman–Crippen MR) is 125 cm³/mol. The maximum absolute atomic E-state index is 12.5. The molecular weight excluding hydrogens is 504 g/mol. The van der Waals surface area contributed by atoms with E-state index in [4.69, 9.17) is 16.3 Å². The molecule has 0 saturated heterocycles. The lowest BCUT2D eigenvalue weighted by Gasteiger charge is -2.15. The number of halogens is 2. The summed E-state index contributed by atoms with van der Waals surface area (Å²) in [5.41, 5.74) is 1.37. The first-order chi connectivity index (χ1) is 14.7. The normalized spacial score (nSPS) is 12.1. The molecule has 31 heavy (non-hydrogen) atoms. The Morgan fingerprint density at radius 1 is 1.06 bits per heavy atom. The van der Waals surface area contributed by atoms with Crippen LogP contribution in [-0.2, 0) is 14.8 Å². The largest absolute Gasteiger partial charge is 0.484 e. The van der Waals surface area contributed by atoms with Gasteiger partial charge in [-0.15, -0.1) is 0 Å². The molecule has 3 aromatic rings. The van der Waals surface area contributed by atoms with Gasteiger partial charge in [0.25, 0.3) is 15.9 Å². The van der Waals surface area contributed by atoms with Crippen LogP contribution in [0.15, 0.2) is 82.2 Å². The van der Waals surface area contributed by atoms with E-state index in [9.17, 15) is 13.2 Å². The third-order valence-corrected chi connectivity index (χ3v) is 6.47. The minimum absolute atomic E-state index is 0.0718. The highest BCUT2D eigenvalue weighted by Crippen LogP contribution is 2.21. The highest BCUT2D eigenvalue weighted by molar-refractivity contribution is 9.10. The van der Waals surface area contributed by atoms with Gasteiger partial charge in [0.1, 0.15) is 5.75 Å². The van der Waals surface area contributed by atoms with E-state index in [2.05, 4.69) is 26.0 Å². The minimum atomic E-state index is -3.76. The summed E-state index contributed by atoms with van der Waals surface area (Å²) >= 11 is 9.22. The lowest BCUT2D eigenvalue weighted by Crippen LogP contribution is -2.31. The van der Waals surface area contributed by atoms with E-state index >= 15 is 0 Å². The summed E-state index contributed by atoms with van der Waals surface area (Å²) in [7, 11) is -3.76. The molecule has 0 spiro atoms. The van der Waals surface area contributed by atoms with Crippen LogP contribution in [0.2, 0.25) is 5.02 Å². The fourth-order valence-corrected chi connectivity index (χ4v) is 4.34. The van der Waals surface area contributed by atoms with Gasteiger partial charge in [-0.25, -0.2) is 8.42 Å². The molecule has 1 amide bonds. The fourth-order valence-electron chi connectivity index (χ4n) is 2.74. The number of rotatable bonds is 8. The van der Waals surface area contributed by atoms with E-state index in [1.165, 1.54) is 24.3 Å². The van der Waals surface area contributed by atoms with Crippen LogP contribution < -0.4 is 14.8 Å². The van der Waals surface area contributed by atoms with Crippen LogP contribution in [0.3, 0.4) is 0 Å². The van der Waals surface area contributed by atoms with Crippen molar-refractivity contribution < 1.29 is 17.9 Å². The van der Waals surface area contributed by atoms with Crippen LogP contribution in [0.1, 0.15) is 18.5 Å². The minimum Gasteiger partial charge on any atom is -0.484 e. The maximum Gasteiger partial charge on any atom is 0.261 e. The second-order valence-corrected chi connectivity index (χ2v) is 9.75. The number of amides is 1. The van der Waals surface area contributed by atoms with Crippen molar-refractivity contribution >= 4 is 49.1 Å². The van der Waals surface area contributed by atoms with Crippen LogP contribution in [-0.4, -0.2) is 20.9 Å². The van der Waals surface area contributed by atoms with Gasteiger partial charge in [0, 0.05) is 15.2 Å². The van der Waals surface area contributed by atoms with Crippen molar-refractivity contribution in [1.29, 1.82) is 0 Å².